The van der Waals surface area contributed by atoms with Crippen LogP contribution in [-0.2, 0) is 16.0 Å². The molecule has 0 aliphatic carbocycles. The minimum absolute atomic E-state index is 0.214. The number of nitrogens with one attached hydrogen (secondary N) is 1. The number of amides is 1. The summed E-state index contributed by atoms with van der Waals surface area (Å²) in [7, 11) is 0. The van der Waals surface area contributed by atoms with Crippen LogP contribution in [0.5, 0.6) is 0 Å². The zero-order valence-corrected chi connectivity index (χ0v) is 10.4. The van der Waals surface area contributed by atoms with Crippen LogP contribution in [-0.4, -0.2) is 23.5 Å². The summed E-state index contributed by atoms with van der Waals surface area (Å²) in [5.41, 5.74) is 0.880. The monoisotopic (exact) mass is 275 g/mol. The Morgan fingerprint density at radius 1 is 1.24 bits per heavy atom. The van der Waals surface area contributed by atoms with E-state index in [4.69, 9.17) is 28.3 Å². The van der Waals surface area contributed by atoms with Crippen LogP contribution >= 0.6 is 23.2 Å². The third-order valence-electron chi connectivity index (χ3n) is 2.06. The van der Waals surface area contributed by atoms with Gasteiger partial charge in [0, 0.05) is 6.42 Å². The van der Waals surface area contributed by atoms with Crippen LogP contribution in [0.15, 0.2) is 18.2 Å². The van der Waals surface area contributed by atoms with Crippen molar-refractivity contribution in [3.05, 3.63) is 33.8 Å². The molecule has 6 heteroatoms. The van der Waals surface area contributed by atoms with E-state index in [1.165, 1.54) is 0 Å². The van der Waals surface area contributed by atoms with Crippen molar-refractivity contribution in [3.8, 4) is 0 Å². The van der Waals surface area contributed by atoms with Crippen LogP contribution in [0, 0.1) is 0 Å². The maximum atomic E-state index is 11.2. The van der Waals surface area contributed by atoms with Gasteiger partial charge in [-0.15, -0.1) is 0 Å². The van der Waals surface area contributed by atoms with E-state index in [9.17, 15) is 9.59 Å². The lowest BCUT2D eigenvalue weighted by atomic mass is 10.1. The van der Waals surface area contributed by atoms with Gasteiger partial charge in [-0.2, -0.15) is 0 Å². The summed E-state index contributed by atoms with van der Waals surface area (Å²) in [4.78, 5) is 21.5. The van der Waals surface area contributed by atoms with E-state index >= 15 is 0 Å². The van der Waals surface area contributed by atoms with Crippen molar-refractivity contribution in [1.82, 2.24) is 5.32 Å². The molecule has 4 nitrogen and oxygen atoms in total. The molecule has 1 amide bonds. The molecule has 0 bridgehead atoms. The van der Waals surface area contributed by atoms with Crippen LogP contribution in [0.4, 0.5) is 0 Å². The second-order valence-corrected chi connectivity index (χ2v) is 4.23. The second kappa shape index (κ2) is 6.47. The third-order valence-corrected chi connectivity index (χ3v) is 2.80. The van der Waals surface area contributed by atoms with E-state index in [-0.39, 0.29) is 18.9 Å². The summed E-state index contributed by atoms with van der Waals surface area (Å²) in [5, 5.41) is 11.6. The number of hydrogen-bond donors (Lipinski definition) is 2. The van der Waals surface area contributed by atoms with E-state index in [1.807, 2.05) is 0 Å². The molecule has 2 N–H and O–H groups in total. The summed E-state index contributed by atoms with van der Waals surface area (Å²) in [5.74, 6) is -1.37. The van der Waals surface area contributed by atoms with Gasteiger partial charge < -0.3 is 10.4 Å². The Hall–Kier alpha value is -1.26. The summed E-state index contributed by atoms with van der Waals surface area (Å²) >= 11 is 11.6. The highest BCUT2D eigenvalue weighted by molar-refractivity contribution is 6.42. The van der Waals surface area contributed by atoms with Crippen molar-refractivity contribution in [2.45, 2.75) is 12.8 Å². The Labute approximate surface area is 109 Å². The van der Waals surface area contributed by atoms with Gasteiger partial charge >= 0.3 is 5.97 Å². The SMILES string of the molecule is O=C(O)CNC(=O)CCc1ccc(Cl)c(Cl)c1. The number of carbonyl (C=O) groups excluding carboxylic acids is 1. The van der Waals surface area contributed by atoms with Crippen molar-refractivity contribution in [2.24, 2.45) is 0 Å². The molecule has 0 atom stereocenters. The number of halogens is 2. The molecular weight excluding hydrogens is 265 g/mol. The van der Waals surface area contributed by atoms with Gasteiger partial charge in [0.1, 0.15) is 6.54 Å². The maximum Gasteiger partial charge on any atom is 0.322 e. The van der Waals surface area contributed by atoms with Gasteiger partial charge in [0.2, 0.25) is 5.91 Å². The molecule has 0 saturated heterocycles. The van der Waals surface area contributed by atoms with E-state index in [0.29, 0.717) is 16.5 Å². The molecule has 17 heavy (non-hydrogen) atoms. The number of carboxylic acids is 1. The van der Waals surface area contributed by atoms with Crippen LogP contribution < -0.4 is 5.32 Å². The Kier molecular flexibility index (Phi) is 5.25. The quantitative estimate of drug-likeness (QED) is 0.865. The van der Waals surface area contributed by atoms with E-state index in [2.05, 4.69) is 5.32 Å². The first kappa shape index (κ1) is 13.8. The van der Waals surface area contributed by atoms with E-state index in [1.54, 1.807) is 18.2 Å². The van der Waals surface area contributed by atoms with E-state index < -0.39 is 5.97 Å². The standard InChI is InChI=1S/C11H11Cl2NO3/c12-8-3-1-7(5-9(8)13)2-4-10(15)14-6-11(16)17/h1,3,5H,2,4,6H2,(H,14,15)(H,16,17). The van der Waals surface area contributed by atoms with Gasteiger partial charge in [-0.05, 0) is 24.1 Å². The zero-order valence-electron chi connectivity index (χ0n) is 8.87. The number of aliphatic carboxylic acids is 1. The normalized spacial score (nSPS) is 10.0. The molecule has 0 spiro atoms. The summed E-state index contributed by atoms with van der Waals surface area (Å²) in [6, 6.07) is 5.13. The van der Waals surface area contributed by atoms with Crippen molar-refractivity contribution >= 4 is 35.1 Å². The number of aryl methyl sites for hydroxylation is 1. The minimum atomic E-state index is -1.06. The zero-order chi connectivity index (χ0) is 12.8. The lowest BCUT2D eigenvalue weighted by Crippen LogP contribution is -2.29. The van der Waals surface area contributed by atoms with Crippen molar-refractivity contribution in [2.75, 3.05) is 6.54 Å². The number of carbonyl (C=O) groups is 2. The van der Waals surface area contributed by atoms with Crippen LogP contribution in [0.3, 0.4) is 0 Å². The van der Waals surface area contributed by atoms with Gasteiger partial charge in [0.25, 0.3) is 0 Å². The fourth-order valence-corrected chi connectivity index (χ4v) is 1.54. The van der Waals surface area contributed by atoms with Gasteiger partial charge in [0.15, 0.2) is 0 Å². The predicted molar refractivity (Wildman–Crippen MR) is 65.4 cm³/mol. The first-order valence-corrected chi connectivity index (χ1v) is 5.67. The van der Waals surface area contributed by atoms with Crippen molar-refractivity contribution < 1.29 is 14.7 Å². The lowest BCUT2D eigenvalue weighted by molar-refractivity contribution is -0.137. The van der Waals surface area contributed by atoms with Gasteiger partial charge in [-0.3, -0.25) is 9.59 Å². The highest BCUT2D eigenvalue weighted by Crippen LogP contribution is 2.23. The van der Waals surface area contributed by atoms with Crippen molar-refractivity contribution in [1.29, 1.82) is 0 Å². The molecule has 0 saturated carbocycles. The first-order chi connectivity index (χ1) is 7.99. The molecule has 0 unspecified atom stereocenters. The van der Waals surface area contributed by atoms with Gasteiger partial charge in [0.05, 0.1) is 10.0 Å². The minimum Gasteiger partial charge on any atom is -0.480 e. The summed E-state index contributed by atoms with van der Waals surface area (Å²) in [6.45, 7) is -0.361. The molecule has 92 valence electrons. The molecule has 0 aliphatic heterocycles. The number of rotatable bonds is 5. The van der Waals surface area contributed by atoms with Crippen LogP contribution in [0.2, 0.25) is 10.0 Å². The molecule has 1 aromatic rings. The predicted octanol–water partition coefficient (Wildman–Crippen LogP) is 2.13. The smallest absolute Gasteiger partial charge is 0.322 e. The average Bonchev–Trinajstić information content (AvgIpc) is 2.28. The average molecular weight is 276 g/mol. The topological polar surface area (TPSA) is 66.4 Å². The number of carboxylic acid groups (broad SMARTS) is 1. The molecule has 1 rings (SSSR count). The maximum absolute atomic E-state index is 11.2. The number of benzene rings is 1. The van der Waals surface area contributed by atoms with E-state index in [0.717, 1.165) is 5.56 Å². The Balaban J connectivity index is 2.42. The largest absolute Gasteiger partial charge is 0.480 e. The Bertz CT molecular complexity index is 435. The van der Waals surface area contributed by atoms with Gasteiger partial charge in [-0.25, -0.2) is 0 Å². The summed E-state index contributed by atoms with van der Waals surface area (Å²) in [6.07, 6.45) is 0.702. The molecule has 1 aromatic carbocycles. The lowest BCUT2D eigenvalue weighted by Gasteiger charge is -2.04. The molecular formula is C11H11Cl2NO3. The third kappa shape index (κ3) is 5.06. The fourth-order valence-electron chi connectivity index (χ4n) is 1.22. The van der Waals surface area contributed by atoms with Crippen molar-refractivity contribution in [3.63, 3.8) is 0 Å². The fraction of sp³-hybridized carbons (Fsp3) is 0.273. The molecule has 0 heterocycles. The Morgan fingerprint density at radius 3 is 2.53 bits per heavy atom. The summed E-state index contributed by atoms with van der Waals surface area (Å²) < 4.78 is 0. The highest BCUT2D eigenvalue weighted by Gasteiger charge is 2.05. The highest BCUT2D eigenvalue weighted by atomic mass is 35.5. The molecule has 0 radical (unpaired) electrons. The molecule has 0 aliphatic rings. The second-order valence-electron chi connectivity index (χ2n) is 3.42. The Morgan fingerprint density at radius 2 is 1.94 bits per heavy atom. The molecule has 0 fully saturated rings. The van der Waals surface area contributed by atoms with Crippen LogP contribution in [0.1, 0.15) is 12.0 Å². The van der Waals surface area contributed by atoms with Gasteiger partial charge in [-0.1, -0.05) is 29.3 Å². The molecule has 0 aromatic heterocycles. The first-order valence-electron chi connectivity index (χ1n) is 4.91. The number of hydrogen-bond acceptors (Lipinski definition) is 2. The van der Waals surface area contributed by atoms with Crippen LogP contribution in [0.25, 0.3) is 0 Å².